The molecule has 0 bridgehead atoms. The van der Waals surface area contributed by atoms with Crippen LogP contribution in [0, 0.1) is 0 Å². The summed E-state index contributed by atoms with van der Waals surface area (Å²) in [4.78, 5) is 6.26. The molecular weight excluding hydrogens is 200 g/mol. The van der Waals surface area contributed by atoms with Crippen molar-refractivity contribution in [1.82, 2.24) is 9.36 Å². The van der Waals surface area contributed by atoms with Crippen LogP contribution in [-0.4, -0.2) is 35.7 Å². The third-order valence-electron chi connectivity index (χ3n) is 1.84. The summed E-state index contributed by atoms with van der Waals surface area (Å²) in [6.45, 7) is 5.70. The lowest BCUT2D eigenvalue weighted by Gasteiger charge is -2.24. The van der Waals surface area contributed by atoms with Gasteiger partial charge in [-0.15, -0.1) is 0 Å². The van der Waals surface area contributed by atoms with E-state index in [2.05, 4.69) is 28.1 Å². The first-order valence-corrected chi connectivity index (χ1v) is 5.27. The van der Waals surface area contributed by atoms with Gasteiger partial charge in [0.25, 0.3) is 0 Å². The number of anilines is 2. The Morgan fingerprint density at radius 2 is 2.29 bits per heavy atom. The van der Waals surface area contributed by atoms with Crippen LogP contribution in [0.5, 0.6) is 0 Å². The maximum absolute atomic E-state index is 5.48. The fraction of sp³-hybridized carbons (Fsp3) is 0.750. The predicted molar refractivity (Wildman–Crippen MR) is 58.7 cm³/mol. The first-order valence-electron chi connectivity index (χ1n) is 4.50. The van der Waals surface area contributed by atoms with Crippen molar-refractivity contribution in [3.63, 3.8) is 0 Å². The molecule has 1 rings (SSSR count). The molecule has 2 N–H and O–H groups in total. The Balaban J connectivity index is 2.67. The summed E-state index contributed by atoms with van der Waals surface area (Å²) >= 11 is 1.32. The van der Waals surface area contributed by atoms with Crippen LogP contribution in [0.1, 0.15) is 13.8 Å². The molecule has 0 aliphatic rings. The summed E-state index contributed by atoms with van der Waals surface area (Å²) in [5.41, 5.74) is 5.48. The molecule has 0 spiro atoms. The molecule has 0 saturated heterocycles. The van der Waals surface area contributed by atoms with Gasteiger partial charge in [-0.25, -0.2) is 0 Å². The molecule has 6 heteroatoms. The highest BCUT2D eigenvalue weighted by Gasteiger charge is 2.14. The highest BCUT2D eigenvalue weighted by atomic mass is 32.1. The van der Waals surface area contributed by atoms with E-state index in [9.17, 15) is 0 Å². The highest BCUT2D eigenvalue weighted by Crippen LogP contribution is 2.19. The molecule has 1 aromatic rings. The number of rotatable bonds is 5. The van der Waals surface area contributed by atoms with E-state index in [0.29, 0.717) is 18.6 Å². The van der Waals surface area contributed by atoms with Crippen molar-refractivity contribution in [3.05, 3.63) is 0 Å². The number of nitrogens with two attached hydrogens (primary N) is 1. The van der Waals surface area contributed by atoms with E-state index in [1.165, 1.54) is 11.5 Å². The van der Waals surface area contributed by atoms with Crippen molar-refractivity contribution in [2.24, 2.45) is 0 Å². The number of ether oxygens (including phenoxy) is 1. The van der Waals surface area contributed by atoms with E-state index < -0.39 is 0 Å². The molecule has 14 heavy (non-hydrogen) atoms. The van der Waals surface area contributed by atoms with Crippen LogP contribution in [0.15, 0.2) is 0 Å². The molecule has 0 aliphatic heterocycles. The fourth-order valence-corrected chi connectivity index (χ4v) is 1.86. The van der Waals surface area contributed by atoms with Crippen LogP contribution < -0.4 is 10.6 Å². The van der Waals surface area contributed by atoms with Gasteiger partial charge < -0.3 is 15.4 Å². The molecule has 0 atom stereocenters. The van der Waals surface area contributed by atoms with Gasteiger partial charge in [-0.3, -0.25) is 0 Å². The zero-order valence-electron chi connectivity index (χ0n) is 8.73. The number of methoxy groups -OCH3 is 1. The number of nitrogens with zero attached hydrogens (tertiary/aromatic N) is 3. The van der Waals surface area contributed by atoms with Crippen molar-refractivity contribution >= 4 is 22.6 Å². The summed E-state index contributed by atoms with van der Waals surface area (Å²) < 4.78 is 8.99. The van der Waals surface area contributed by atoms with Crippen molar-refractivity contribution in [2.75, 3.05) is 30.9 Å². The molecule has 0 radical (unpaired) electrons. The minimum absolute atomic E-state index is 0.341. The van der Waals surface area contributed by atoms with E-state index in [-0.39, 0.29) is 0 Å². The Bertz CT molecular complexity index is 276. The third-order valence-corrected chi connectivity index (χ3v) is 2.60. The Labute approximate surface area is 88.1 Å². The van der Waals surface area contributed by atoms with Gasteiger partial charge in [0, 0.05) is 31.2 Å². The molecule has 1 aromatic heterocycles. The second kappa shape index (κ2) is 5.11. The number of nitrogen functional groups attached to an aromatic ring is 1. The van der Waals surface area contributed by atoms with Crippen LogP contribution >= 0.6 is 11.5 Å². The van der Waals surface area contributed by atoms with E-state index in [1.54, 1.807) is 7.11 Å². The Morgan fingerprint density at radius 1 is 1.57 bits per heavy atom. The molecular formula is C8H16N4OS. The minimum atomic E-state index is 0.341. The average molecular weight is 216 g/mol. The molecule has 5 nitrogen and oxygen atoms in total. The quantitative estimate of drug-likeness (QED) is 0.795. The van der Waals surface area contributed by atoms with Gasteiger partial charge in [0.2, 0.25) is 11.1 Å². The standard InChI is InChI=1S/C8H16N4OS/c1-6(2)12(4-5-13-3)8-10-7(9)11-14-8/h6H,4-5H2,1-3H3,(H2,9,11). The highest BCUT2D eigenvalue weighted by molar-refractivity contribution is 7.09. The number of hydrogen-bond acceptors (Lipinski definition) is 6. The molecule has 0 fully saturated rings. The van der Waals surface area contributed by atoms with Gasteiger partial charge in [-0.1, -0.05) is 0 Å². The largest absolute Gasteiger partial charge is 0.383 e. The second-order valence-electron chi connectivity index (χ2n) is 3.22. The van der Waals surface area contributed by atoms with Crippen LogP contribution in [0.25, 0.3) is 0 Å². The molecule has 0 aromatic carbocycles. The van der Waals surface area contributed by atoms with Crippen LogP contribution in [0.4, 0.5) is 11.1 Å². The summed E-state index contributed by atoms with van der Waals surface area (Å²) in [6.07, 6.45) is 0. The van der Waals surface area contributed by atoms with Crippen molar-refractivity contribution < 1.29 is 4.74 Å². The minimum Gasteiger partial charge on any atom is -0.383 e. The van der Waals surface area contributed by atoms with E-state index in [4.69, 9.17) is 10.5 Å². The summed E-state index contributed by atoms with van der Waals surface area (Å²) in [5, 5.41) is 0.856. The number of hydrogen-bond donors (Lipinski definition) is 1. The maximum atomic E-state index is 5.48. The lowest BCUT2D eigenvalue weighted by molar-refractivity contribution is 0.204. The summed E-state index contributed by atoms with van der Waals surface area (Å²) in [6, 6.07) is 0.373. The molecule has 80 valence electrons. The summed E-state index contributed by atoms with van der Waals surface area (Å²) in [5.74, 6) is 0.341. The predicted octanol–water partition coefficient (Wildman–Crippen LogP) is 0.982. The third kappa shape index (κ3) is 2.81. The van der Waals surface area contributed by atoms with Crippen LogP contribution in [0.2, 0.25) is 0 Å². The Kier molecular flexibility index (Phi) is 4.09. The average Bonchev–Trinajstić information content (AvgIpc) is 2.52. The van der Waals surface area contributed by atoms with Gasteiger partial charge in [0.05, 0.1) is 6.61 Å². The molecule has 0 amide bonds. The fourth-order valence-electron chi connectivity index (χ4n) is 1.11. The maximum Gasteiger partial charge on any atom is 0.233 e. The van der Waals surface area contributed by atoms with Gasteiger partial charge in [0.1, 0.15) is 0 Å². The van der Waals surface area contributed by atoms with Gasteiger partial charge in [-0.2, -0.15) is 9.36 Å². The lowest BCUT2D eigenvalue weighted by Crippen LogP contribution is -2.33. The smallest absolute Gasteiger partial charge is 0.233 e. The SMILES string of the molecule is COCCN(c1nc(N)ns1)C(C)C. The van der Waals surface area contributed by atoms with Gasteiger partial charge >= 0.3 is 0 Å². The zero-order chi connectivity index (χ0) is 10.6. The molecule has 0 saturated carbocycles. The van der Waals surface area contributed by atoms with Crippen molar-refractivity contribution in [1.29, 1.82) is 0 Å². The van der Waals surface area contributed by atoms with Gasteiger partial charge in [-0.05, 0) is 13.8 Å². The first kappa shape index (κ1) is 11.2. The molecule has 0 unspecified atom stereocenters. The van der Waals surface area contributed by atoms with Crippen molar-refractivity contribution in [2.45, 2.75) is 19.9 Å². The van der Waals surface area contributed by atoms with E-state index >= 15 is 0 Å². The molecule has 1 heterocycles. The Hall–Kier alpha value is -0.880. The zero-order valence-corrected chi connectivity index (χ0v) is 9.54. The molecule has 0 aliphatic carbocycles. The monoisotopic (exact) mass is 216 g/mol. The first-order chi connectivity index (χ1) is 6.65. The number of aromatic nitrogens is 2. The topological polar surface area (TPSA) is 64.3 Å². The lowest BCUT2D eigenvalue weighted by atomic mass is 10.3. The Morgan fingerprint density at radius 3 is 2.71 bits per heavy atom. The van der Waals surface area contributed by atoms with Gasteiger partial charge in [0.15, 0.2) is 0 Å². The van der Waals surface area contributed by atoms with Crippen LogP contribution in [-0.2, 0) is 4.74 Å². The normalized spacial score (nSPS) is 10.9. The van der Waals surface area contributed by atoms with E-state index in [0.717, 1.165) is 11.7 Å². The van der Waals surface area contributed by atoms with Crippen LogP contribution in [0.3, 0.4) is 0 Å². The second-order valence-corrected chi connectivity index (χ2v) is 3.95. The van der Waals surface area contributed by atoms with Crippen molar-refractivity contribution in [3.8, 4) is 0 Å². The van der Waals surface area contributed by atoms with E-state index in [1.807, 2.05) is 0 Å². The summed E-state index contributed by atoms with van der Waals surface area (Å²) in [7, 11) is 1.69.